The summed E-state index contributed by atoms with van der Waals surface area (Å²) in [6.45, 7) is 1.05. The van der Waals surface area contributed by atoms with E-state index in [1.165, 1.54) is 0 Å². The summed E-state index contributed by atoms with van der Waals surface area (Å²) in [4.78, 5) is 17.9. The van der Waals surface area contributed by atoms with Crippen molar-refractivity contribution >= 4 is 5.91 Å². The number of nitrogens with two attached hydrogens (primary N) is 1. The number of carbonyl (C=O) groups excluding carboxylic acids is 1. The van der Waals surface area contributed by atoms with Gasteiger partial charge in [-0.3, -0.25) is 9.78 Å². The molecule has 0 aromatic carbocycles. The smallest absolute Gasteiger partial charge is 0.249 e. The zero-order valence-electron chi connectivity index (χ0n) is 9.67. The van der Waals surface area contributed by atoms with Crippen LogP contribution in [0, 0.1) is 0 Å². The fourth-order valence-corrected chi connectivity index (χ4v) is 2.13. The predicted octanol–water partition coefficient (Wildman–Crippen LogP) is -0.150. The number of nitrogens with zero attached hydrogens (tertiary/aromatic N) is 2. The summed E-state index contributed by atoms with van der Waals surface area (Å²) in [6.07, 6.45) is 5.15. The number of likely N-dealkylation sites (tertiary alicyclic amines) is 1. The Hall–Kier alpha value is -1.46. The summed E-state index contributed by atoms with van der Waals surface area (Å²) in [5.74, 6) is -0.205. The van der Waals surface area contributed by atoms with Gasteiger partial charge in [0.05, 0.1) is 6.61 Å². The maximum absolute atomic E-state index is 12.3. The fraction of sp³-hybridized carbons (Fsp3) is 0.500. The van der Waals surface area contributed by atoms with E-state index in [0.29, 0.717) is 5.56 Å². The first-order chi connectivity index (χ1) is 8.18. The molecule has 3 N–H and O–H groups in total. The van der Waals surface area contributed by atoms with E-state index >= 15 is 0 Å². The molecule has 1 fully saturated rings. The fourth-order valence-electron chi connectivity index (χ4n) is 2.13. The van der Waals surface area contributed by atoms with E-state index in [4.69, 9.17) is 5.73 Å². The number of carbonyl (C=O) groups is 1. The quantitative estimate of drug-likeness (QED) is 0.763. The Morgan fingerprint density at radius 2 is 2.00 bits per heavy atom. The van der Waals surface area contributed by atoms with Crippen molar-refractivity contribution in [3.8, 4) is 0 Å². The number of amides is 1. The van der Waals surface area contributed by atoms with Crippen LogP contribution in [0.3, 0.4) is 0 Å². The Morgan fingerprint density at radius 3 is 2.53 bits per heavy atom. The Kier molecular flexibility index (Phi) is 3.40. The van der Waals surface area contributed by atoms with Crippen LogP contribution in [0.2, 0.25) is 0 Å². The molecule has 5 nitrogen and oxygen atoms in total. The van der Waals surface area contributed by atoms with Crippen LogP contribution in [0.25, 0.3) is 0 Å². The summed E-state index contributed by atoms with van der Waals surface area (Å²) >= 11 is 0. The summed E-state index contributed by atoms with van der Waals surface area (Å²) in [5.41, 5.74) is 5.34. The van der Waals surface area contributed by atoms with Crippen LogP contribution in [-0.2, 0) is 10.3 Å². The molecule has 0 saturated carbocycles. The molecule has 0 radical (unpaired) electrons. The Labute approximate surface area is 100 Å². The molecule has 2 rings (SSSR count). The van der Waals surface area contributed by atoms with Crippen molar-refractivity contribution in [1.29, 1.82) is 0 Å². The van der Waals surface area contributed by atoms with Crippen LogP contribution in [0.1, 0.15) is 18.4 Å². The van der Waals surface area contributed by atoms with Gasteiger partial charge in [-0.1, -0.05) is 0 Å². The number of rotatable bonds is 3. The van der Waals surface area contributed by atoms with E-state index in [1.54, 1.807) is 29.4 Å². The van der Waals surface area contributed by atoms with Crippen LogP contribution in [-0.4, -0.2) is 40.6 Å². The number of pyridine rings is 1. The minimum atomic E-state index is -1.34. The summed E-state index contributed by atoms with van der Waals surface area (Å²) < 4.78 is 0. The normalized spacial score (nSPS) is 19.1. The maximum Gasteiger partial charge on any atom is 0.249 e. The predicted molar refractivity (Wildman–Crippen MR) is 63.0 cm³/mol. The molecule has 0 unspecified atom stereocenters. The lowest BCUT2D eigenvalue weighted by atomic mass is 9.91. The average molecular weight is 235 g/mol. The first-order valence-electron chi connectivity index (χ1n) is 5.78. The van der Waals surface area contributed by atoms with Crippen LogP contribution < -0.4 is 5.73 Å². The first-order valence-corrected chi connectivity index (χ1v) is 5.78. The van der Waals surface area contributed by atoms with Gasteiger partial charge in [0, 0.05) is 25.5 Å². The van der Waals surface area contributed by atoms with Gasteiger partial charge in [-0.15, -0.1) is 0 Å². The number of aliphatic hydroxyl groups excluding tert-OH is 1. The Balaban J connectivity index is 2.27. The zero-order valence-corrected chi connectivity index (χ0v) is 9.67. The summed E-state index contributed by atoms with van der Waals surface area (Å²) in [5, 5.41) is 9.48. The van der Waals surface area contributed by atoms with Gasteiger partial charge in [0.1, 0.15) is 5.54 Å². The Morgan fingerprint density at radius 1 is 1.41 bits per heavy atom. The Bertz CT molecular complexity index is 390. The number of hydrogen-bond acceptors (Lipinski definition) is 4. The number of aliphatic hydroxyl groups is 1. The van der Waals surface area contributed by atoms with Gasteiger partial charge in [0.2, 0.25) is 5.91 Å². The molecule has 1 amide bonds. The van der Waals surface area contributed by atoms with Crippen molar-refractivity contribution in [1.82, 2.24) is 9.88 Å². The lowest BCUT2D eigenvalue weighted by molar-refractivity contribution is -0.137. The lowest BCUT2D eigenvalue weighted by Crippen LogP contribution is -2.54. The molecule has 1 atom stereocenters. The third-order valence-corrected chi connectivity index (χ3v) is 3.22. The third kappa shape index (κ3) is 2.16. The second-order valence-corrected chi connectivity index (χ2v) is 4.36. The molecule has 0 bridgehead atoms. The highest BCUT2D eigenvalue weighted by Crippen LogP contribution is 2.22. The highest BCUT2D eigenvalue weighted by atomic mass is 16.3. The second-order valence-electron chi connectivity index (χ2n) is 4.36. The molecule has 1 aliphatic rings. The highest BCUT2D eigenvalue weighted by Gasteiger charge is 2.39. The minimum absolute atomic E-state index is 0.205. The molecular formula is C12H17N3O2. The lowest BCUT2D eigenvalue weighted by Gasteiger charge is -2.30. The van der Waals surface area contributed by atoms with E-state index in [0.717, 1.165) is 25.9 Å². The van der Waals surface area contributed by atoms with Crippen molar-refractivity contribution in [2.24, 2.45) is 5.73 Å². The van der Waals surface area contributed by atoms with Crippen LogP contribution in [0.5, 0.6) is 0 Å². The molecule has 1 aromatic heterocycles. The van der Waals surface area contributed by atoms with Gasteiger partial charge < -0.3 is 15.7 Å². The highest BCUT2D eigenvalue weighted by molar-refractivity contribution is 5.87. The molecule has 1 saturated heterocycles. The van der Waals surface area contributed by atoms with Crippen LogP contribution in [0.4, 0.5) is 0 Å². The summed E-state index contributed by atoms with van der Waals surface area (Å²) in [6, 6.07) is 3.34. The molecule has 0 aliphatic carbocycles. The largest absolute Gasteiger partial charge is 0.394 e. The molecule has 2 heterocycles. The molecule has 1 aromatic rings. The standard InChI is InChI=1S/C12H17N3O2/c13-12(9-16,10-3-5-14-6-4-10)11(17)15-7-1-2-8-15/h3-6,16H,1-2,7-9,13H2/t12-/m0/s1. The monoisotopic (exact) mass is 235 g/mol. The minimum Gasteiger partial charge on any atom is -0.394 e. The van der Waals surface area contributed by atoms with Gasteiger partial charge >= 0.3 is 0 Å². The molecule has 5 heteroatoms. The molecular weight excluding hydrogens is 218 g/mol. The number of aromatic nitrogens is 1. The third-order valence-electron chi connectivity index (χ3n) is 3.22. The first kappa shape index (κ1) is 12.0. The van der Waals surface area contributed by atoms with Gasteiger partial charge in [-0.25, -0.2) is 0 Å². The maximum atomic E-state index is 12.3. The average Bonchev–Trinajstić information content (AvgIpc) is 2.92. The molecule has 1 aliphatic heterocycles. The van der Waals surface area contributed by atoms with E-state index in [2.05, 4.69) is 4.98 Å². The van der Waals surface area contributed by atoms with Crippen molar-refractivity contribution in [3.05, 3.63) is 30.1 Å². The van der Waals surface area contributed by atoms with Gasteiger partial charge in [0.25, 0.3) is 0 Å². The van der Waals surface area contributed by atoms with Gasteiger partial charge in [-0.2, -0.15) is 0 Å². The van der Waals surface area contributed by atoms with E-state index in [1.807, 2.05) is 0 Å². The van der Waals surface area contributed by atoms with E-state index in [9.17, 15) is 9.90 Å². The van der Waals surface area contributed by atoms with Crippen molar-refractivity contribution < 1.29 is 9.90 Å². The van der Waals surface area contributed by atoms with Gasteiger partial charge in [0.15, 0.2) is 0 Å². The van der Waals surface area contributed by atoms with Crippen molar-refractivity contribution in [3.63, 3.8) is 0 Å². The molecule has 92 valence electrons. The molecule has 17 heavy (non-hydrogen) atoms. The summed E-state index contributed by atoms with van der Waals surface area (Å²) in [7, 11) is 0. The SMILES string of the molecule is N[C@](CO)(C(=O)N1CCCC1)c1ccncc1. The van der Waals surface area contributed by atoms with Crippen LogP contribution in [0.15, 0.2) is 24.5 Å². The van der Waals surface area contributed by atoms with E-state index in [-0.39, 0.29) is 5.91 Å². The van der Waals surface area contributed by atoms with Crippen molar-refractivity contribution in [2.45, 2.75) is 18.4 Å². The van der Waals surface area contributed by atoms with Crippen LogP contribution >= 0.6 is 0 Å². The molecule has 0 spiro atoms. The number of hydrogen-bond donors (Lipinski definition) is 2. The van der Waals surface area contributed by atoms with Crippen molar-refractivity contribution in [2.75, 3.05) is 19.7 Å². The topological polar surface area (TPSA) is 79.5 Å². The zero-order chi connectivity index (χ0) is 12.3. The van der Waals surface area contributed by atoms with Gasteiger partial charge in [-0.05, 0) is 30.5 Å². The second kappa shape index (κ2) is 4.81. The van der Waals surface area contributed by atoms with E-state index < -0.39 is 12.1 Å².